The summed E-state index contributed by atoms with van der Waals surface area (Å²) in [6.45, 7) is 4.32. The number of nitrogens with one attached hydrogen (secondary N) is 2. The zero-order valence-corrected chi connectivity index (χ0v) is 11.7. The number of hydrogen-bond donors (Lipinski definition) is 3. The van der Waals surface area contributed by atoms with Gasteiger partial charge < -0.3 is 15.7 Å². The van der Waals surface area contributed by atoms with E-state index < -0.39 is 11.8 Å². The van der Waals surface area contributed by atoms with Gasteiger partial charge in [-0.2, -0.15) is 0 Å². The van der Waals surface area contributed by atoms with Crippen molar-refractivity contribution in [3.63, 3.8) is 0 Å². The van der Waals surface area contributed by atoms with Crippen molar-refractivity contribution in [1.29, 1.82) is 0 Å². The zero-order chi connectivity index (χ0) is 14.5. The van der Waals surface area contributed by atoms with Crippen molar-refractivity contribution in [1.82, 2.24) is 5.32 Å². The number of rotatable bonds is 5. The Bertz CT molecular complexity index is 452. The van der Waals surface area contributed by atoms with E-state index in [1.54, 1.807) is 0 Å². The van der Waals surface area contributed by atoms with Crippen LogP contribution in [0.1, 0.15) is 20.3 Å². The molecule has 0 fully saturated rings. The summed E-state index contributed by atoms with van der Waals surface area (Å²) in [5.74, 6) is -0.472. The van der Waals surface area contributed by atoms with Crippen LogP contribution in [0.4, 0.5) is 14.9 Å². The maximum atomic E-state index is 13.0. The number of carbonyl (C=O) groups is 1. The standard InChI is InChI=1S/C13H18ClFN2O2/c1-13(2,5-6-18)8-16-12(19)17-11-7-9(15)3-4-10(11)14/h3-4,7,18H,5-6,8H2,1-2H3,(H2,16,17,19). The van der Waals surface area contributed by atoms with Gasteiger partial charge in [-0.1, -0.05) is 25.4 Å². The summed E-state index contributed by atoms with van der Waals surface area (Å²) < 4.78 is 13.0. The van der Waals surface area contributed by atoms with Crippen molar-refractivity contribution in [2.75, 3.05) is 18.5 Å². The quantitative estimate of drug-likeness (QED) is 0.780. The maximum absolute atomic E-state index is 13.0. The molecule has 3 N–H and O–H groups in total. The van der Waals surface area contributed by atoms with Gasteiger partial charge in [-0.25, -0.2) is 9.18 Å². The van der Waals surface area contributed by atoms with Crippen LogP contribution in [0, 0.1) is 11.2 Å². The summed E-state index contributed by atoms with van der Waals surface area (Å²) in [5, 5.41) is 14.3. The van der Waals surface area contributed by atoms with Crippen LogP contribution in [0.15, 0.2) is 18.2 Å². The van der Waals surface area contributed by atoms with Crippen molar-refractivity contribution >= 4 is 23.3 Å². The van der Waals surface area contributed by atoms with E-state index in [-0.39, 0.29) is 22.7 Å². The Balaban J connectivity index is 2.54. The Hall–Kier alpha value is -1.33. The molecule has 106 valence electrons. The number of carbonyl (C=O) groups excluding carboxylic acids is 1. The molecule has 19 heavy (non-hydrogen) atoms. The number of halogens is 2. The zero-order valence-electron chi connectivity index (χ0n) is 11.0. The van der Waals surface area contributed by atoms with Gasteiger partial charge >= 0.3 is 6.03 Å². The Kier molecular flexibility index (Phi) is 5.57. The Labute approximate surface area is 117 Å². The highest BCUT2D eigenvalue weighted by molar-refractivity contribution is 6.33. The van der Waals surface area contributed by atoms with Gasteiger partial charge in [0.1, 0.15) is 5.82 Å². The number of amides is 2. The first-order valence-electron chi connectivity index (χ1n) is 5.95. The molecule has 1 aromatic rings. The van der Waals surface area contributed by atoms with Crippen LogP contribution < -0.4 is 10.6 Å². The van der Waals surface area contributed by atoms with Crippen LogP contribution in [0.3, 0.4) is 0 Å². The molecule has 0 saturated carbocycles. The Morgan fingerprint density at radius 2 is 2.16 bits per heavy atom. The van der Waals surface area contributed by atoms with Crippen LogP contribution >= 0.6 is 11.6 Å². The molecule has 0 aromatic heterocycles. The van der Waals surface area contributed by atoms with Crippen molar-refractivity contribution in [2.24, 2.45) is 5.41 Å². The molecular formula is C13H18ClFN2O2. The normalized spacial score (nSPS) is 11.2. The van der Waals surface area contributed by atoms with E-state index in [9.17, 15) is 9.18 Å². The SMILES string of the molecule is CC(C)(CCO)CNC(=O)Nc1cc(F)ccc1Cl. The molecule has 0 heterocycles. The average Bonchev–Trinajstić information content (AvgIpc) is 2.31. The van der Waals surface area contributed by atoms with Gasteiger partial charge in [-0.15, -0.1) is 0 Å². The largest absolute Gasteiger partial charge is 0.396 e. The average molecular weight is 289 g/mol. The van der Waals surface area contributed by atoms with Crippen LogP contribution in [0.5, 0.6) is 0 Å². The summed E-state index contributed by atoms with van der Waals surface area (Å²) in [7, 11) is 0. The van der Waals surface area contributed by atoms with Crippen LogP contribution in [-0.2, 0) is 0 Å². The first kappa shape index (κ1) is 15.7. The summed E-state index contributed by atoms with van der Waals surface area (Å²) in [4.78, 5) is 11.7. The minimum atomic E-state index is -0.472. The van der Waals surface area contributed by atoms with Crippen molar-refractivity contribution in [2.45, 2.75) is 20.3 Å². The topological polar surface area (TPSA) is 61.4 Å². The lowest BCUT2D eigenvalue weighted by molar-refractivity contribution is 0.204. The molecule has 0 saturated heterocycles. The number of urea groups is 1. The summed E-state index contributed by atoms with van der Waals surface area (Å²) in [5.41, 5.74) is 0.0109. The van der Waals surface area contributed by atoms with Crippen molar-refractivity contribution < 1.29 is 14.3 Å². The molecule has 6 heteroatoms. The molecule has 0 radical (unpaired) electrons. The molecular weight excluding hydrogens is 271 g/mol. The van der Waals surface area contributed by atoms with Gasteiger partial charge in [-0.05, 0) is 30.0 Å². The van der Waals surface area contributed by atoms with Gasteiger partial charge in [0.05, 0.1) is 10.7 Å². The van der Waals surface area contributed by atoms with E-state index in [2.05, 4.69) is 10.6 Å². The third-order valence-corrected chi connectivity index (χ3v) is 3.02. The monoisotopic (exact) mass is 288 g/mol. The molecule has 0 aliphatic heterocycles. The van der Waals surface area contributed by atoms with Crippen LogP contribution in [-0.4, -0.2) is 24.3 Å². The van der Waals surface area contributed by atoms with E-state index in [1.165, 1.54) is 12.1 Å². The molecule has 1 aromatic carbocycles. The van der Waals surface area contributed by atoms with E-state index in [4.69, 9.17) is 16.7 Å². The minimum absolute atomic E-state index is 0.0615. The molecule has 4 nitrogen and oxygen atoms in total. The second kappa shape index (κ2) is 6.73. The highest BCUT2D eigenvalue weighted by atomic mass is 35.5. The number of anilines is 1. The lowest BCUT2D eigenvalue weighted by Crippen LogP contribution is -2.37. The van der Waals surface area contributed by atoms with Gasteiger partial charge in [0.15, 0.2) is 0 Å². The first-order valence-corrected chi connectivity index (χ1v) is 6.32. The third kappa shape index (κ3) is 5.44. The fraction of sp³-hybridized carbons (Fsp3) is 0.462. The van der Waals surface area contributed by atoms with Gasteiger partial charge in [0.25, 0.3) is 0 Å². The maximum Gasteiger partial charge on any atom is 0.319 e. The van der Waals surface area contributed by atoms with E-state index in [0.717, 1.165) is 6.07 Å². The Morgan fingerprint density at radius 1 is 1.47 bits per heavy atom. The fourth-order valence-corrected chi connectivity index (χ4v) is 1.64. The number of hydrogen-bond acceptors (Lipinski definition) is 2. The molecule has 0 spiro atoms. The lowest BCUT2D eigenvalue weighted by Gasteiger charge is -2.23. The highest BCUT2D eigenvalue weighted by Gasteiger charge is 2.18. The van der Waals surface area contributed by atoms with Gasteiger partial charge in [0, 0.05) is 13.2 Å². The highest BCUT2D eigenvalue weighted by Crippen LogP contribution is 2.22. The predicted octanol–water partition coefficient (Wildman–Crippen LogP) is 3.01. The molecule has 2 amide bonds. The Morgan fingerprint density at radius 3 is 2.79 bits per heavy atom. The van der Waals surface area contributed by atoms with E-state index in [0.29, 0.717) is 13.0 Å². The van der Waals surface area contributed by atoms with Crippen molar-refractivity contribution in [3.8, 4) is 0 Å². The number of benzene rings is 1. The van der Waals surface area contributed by atoms with E-state index in [1.807, 2.05) is 13.8 Å². The van der Waals surface area contributed by atoms with Crippen LogP contribution in [0.2, 0.25) is 5.02 Å². The third-order valence-electron chi connectivity index (χ3n) is 2.69. The summed E-state index contributed by atoms with van der Waals surface area (Å²) in [6.07, 6.45) is 0.577. The molecule has 0 bridgehead atoms. The summed E-state index contributed by atoms with van der Waals surface area (Å²) >= 11 is 5.84. The van der Waals surface area contributed by atoms with Gasteiger partial charge in [-0.3, -0.25) is 0 Å². The second-order valence-corrected chi connectivity index (χ2v) is 5.48. The van der Waals surface area contributed by atoms with Crippen LogP contribution in [0.25, 0.3) is 0 Å². The second-order valence-electron chi connectivity index (χ2n) is 5.07. The first-order chi connectivity index (χ1) is 8.84. The molecule has 1 rings (SSSR count). The van der Waals surface area contributed by atoms with Gasteiger partial charge in [0.2, 0.25) is 0 Å². The summed E-state index contributed by atoms with van der Waals surface area (Å²) in [6, 6.07) is 3.29. The predicted molar refractivity (Wildman–Crippen MR) is 73.9 cm³/mol. The fourth-order valence-electron chi connectivity index (χ4n) is 1.47. The van der Waals surface area contributed by atoms with Crippen molar-refractivity contribution in [3.05, 3.63) is 29.0 Å². The minimum Gasteiger partial charge on any atom is -0.396 e. The molecule has 0 unspecified atom stereocenters. The number of aliphatic hydroxyl groups excluding tert-OH is 1. The molecule has 0 atom stereocenters. The molecule has 0 aliphatic carbocycles. The smallest absolute Gasteiger partial charge is 0.319 e. The molecule has 0 aliphatic rings. The van der Waals surface area contributed by atoms with E-state index >= 15 is 0 Å². The lowest BCUT2D eigenvalue weighted by atomic mass is 9.90. The number of aliphatic hydroxyl groups is 1.